The first-order chi connectivity index (χ1) is 11.6. The molecule has 0 aliphatic heterocycles. The molecule has 2 heterocycles. The van der Waals surface area contributed by atoms with E-state index >= 15 is 0 Å². The quantitative estimate of drug-likeness (QED) is 0.782. The number of nitriles is 1. The Morgan fingerprint density at radius 2 is 2.00 bits per heavy atom. The maximum Gasteiger partial charge on any atom is 0.137 e. The lowest BCUT2D eigenvalue weighted by Gasteiger charge is -2.11. The zero-order chi connectivity index (χ0) is 17.1. The number of ether oxygens (including phenoxy) is 1. The Morgan fingerprint density at radius 3 is 2.71 bits per heavy atom. The van der Waals surface area contributed by atoms with Gasteiger partial charge >= 0.3 is 0 Å². The van der Waals surface area contributed by atoms with Crippen molar-refractivity contribution in [3.63, 3.8) is 0 Å². The Labute approximate surface area is 140 Å². The summed E-state index contributed by atoms with van der Waals surface area (Å²) >= 11 is 0. The number of hydrogen-bond acceptors (Lipinski definition) is 4. The van der Waals surface area contributed by atoms with Crippen LogP contribution in [0.15, 0.2) is 42.7 Å². The summed E-state index contributed by atoms with van der Waals surface area (Å²) in [7, 11) is 0. The highest BCUT2D eigenvalue weighted by molar-refractivity contribution is 5.68. The normalized spacial score (nSPS) is 11.0. The summed E-state index contributed by atoms with van der Waals surface area (Å²) in [6, 6.07) is 11.7. The van der Waals surface area contributed by atoms with Crippen molar-refractivity contribution in [1.29, 1.82) is 5.26 Å². The van der Waals surface area contributed by atoms with E-state index in [1.165, 1.54) is 0 Å². The van der Waals surface area contributed by atoms with Crippen LogP contribution in [0.2, 0.25) is 0 Å². The molecule has 24 heavy (non-hydrogen) atoms. The van der Waals surface area contributed by atoms with Crippen molar-refractivity contribution in [3.8, 4) is 22.9 Å². The number of aliphatic hydroxyl groups is 1. The molecular weight excluding hydrogens is 302 g/mol. The molecule has 0 aliphatic rings. The highest BCUT2D eigenvalue weighted by Gasteiger charge is 2.09. The monoisotopic (exact) mass is 321 g/mol. The Balaban J connectivity index is 1.95. The van der Waals surface area contributed by atoms with Gasteiger partial charge in [0.05, 0.1) is 24.5 Å². The van der Waals surface area contributed by atoms with Gasteiger partial charge in [0.25, 0.3) is 0 Å². The molecule has 0 fully saturated rings. The molecule has 0 atom stereocenters. The molecule has 0 aliphatic carbocycles. The third-order valence-electron chi connectivity index (χ3n) is 3.67. The van der Waals surface area contributed by atoms with Crippen LogP contribution in [0.5, 0.6) is 5.75 Å². The van der Waals surface area contributed by atoms with Gasteiger partial charge in [0.2, 0.25) is 0 Å². The van der Waals surface area contributed by atoms with Crippen molar-refractivity contribution in [3.05, 3.63) is 54.0 Å². The lowest BCUT2D eigenvalue weighted by atomic mass is 10.0. The summed E-state index contributed by atoms with van der Waals surface area (Å²) in [5.74, 6) is 1.02. The summed E-state index contributed by atoms with van der Waals surface area (Å²) < 4.78 is 7.57. The molecule has 2 aromatic heterocycles. The van der Waals surface area contributed by atoms with Crippen LogP contribution in [-0.2, 0) is 6.61 Å². The van der Waals surface area contributed by atoms with Crippen molar-refractivity contribution in [1.82, 2.24) is 9.38 Å². The number of imidazole rings is 1. The zero-order valence-corrected chi connectivity index (χ0v) is 13.7. The van der Waals surface area contributed by atoms with Crippen molar-refractivity contribution in [2.24, 2.45) is 5.92 Å². The molecule has 122 valence electrons. The lowest BCUT2D eigenvalue weighted by Crippen LogP contribution is -2.05. The fourth-order valence-electron chi connectivity index (χ4n) is 2.47. The van der Waals surface area contributed by atoms with Gasteiger partial charge in [-0.1, -0.05) is 19.9 Å². The average Bonchev–Trinajstić information content (AvgIpc) is 3.02. The van der Waals surface area contributed by atoms with Crippen molar-refractivity contribution < 1.29 is 9.84 Å². The molecule has 0 saturated heterocycles. The Morgan fingerprint density at radius 1 is 1.21 bits per heavy atom. The number of nitrogens with zero attached hydrogens (tertiary/aromatic N) is 3. The van der Waals surface area contributed by atoms with E-state index in [0.717, 1.165) is 16.8 Å². The molecule has 3 rings (SSSR count). The lowest BCUT2D eigenvalue weighted by molar-refractivity contribution is 0.270. The fraction of sp³-hybridized carbons (Fsp3) is 0.263. The number of hydrogen-bond donors (Lipinski definition) is 1. The first-order valence-electron chi connectivity index (χ1n) is 7.86. The minimum Gasteiger partial charge on any atom is -0.492 e. The third kappa shape index (κ3) is 3.24. The molecule has 5 nitrogen and oxygen atoms in total. The SMILES string of the molecule is CC(C)COc1ccc(-c2ccc3nc(CO)cn3c2)cc1C#N. The molecule has 0 radical (unpaired) electrons. The maximum absolute atomic E-state index is 9.39. The molecular formula is C19H19N3O2. The van der Waals surface area contributed by atoms with Crippen LogP contribution in [0.1, 0.15) is 25.1 Å². The number of aromatic nitrogens is 2. The summed E-state index contributed by atoms with van der Waals surface area (Å²) in [4.78, 5) is 4.30. The van der Waals surface area contributed by atoms with E-state index in [9.17, 15) is 10.4 Å². The second-order valence-electron chi connectivity index (χ2n) is 6.10. The van der Waals surface area contributed by atoms with Gasteiger partial charge in [-0.3, -0.25) is 0 Å². The highest BCUT2D eigenvalue weighted by atomic mass is 16.5. The summed E-state index contributed by atoms with van der Waals surface area (Å²) in [6.45, 7) is 4.64. The average molecular weight is 321 g/mol. The highest BCUT2D eigenvalue weighted by Crippen LogP contribution is 2.27. The minimum absolute atomic E-state index is 0.0858. The van der Waals surface area contributed by atoms with Gasteiger partial charge in [0, 0.05) is 12.4 Å². The molecule has 0 saturated carbocycles. The van der Waals surface area contributed by atoms with E-state index in [1.54, 1.807) is 6.20 Å². The Kier molecular flexibility index (Phi) is 4.50. The summed E-state index contributed by atoms with van der Waals surface area (Å²) in [5, 5.41) is 18.6. The number of pyridine rings is 1. The standard InChI is InChI=1S/C19H19N3O2/c1-13(2)12-24-18-5-3-14(7-16(18)8-20)15-4-6-19-21-17(11-23)10-22(19)9-15/h3-7,9-10,13,23H,11-12H2,1-2H3. The van der Waals surface area contributed by atoms with Crippen LogP contribution in [0.3, 0.4) is 0 Å². The van der Waals surface area contributed by atoms with E-state index in [-0.39, 0.29) is 6.61 Å². The second kappa shape index (κ2) is 6.73. The number of benzene rings is 1. The van der Waals surface area contributed by atoms with E-state index in [2.05, 4.69) is 24.9 Å². The first-order valence-corrected chi connectivity index (χ1v) is 7.86. The number of fused-ring (bicyclic) bond motifs is 1. The van der Waals surface area contributed by atoms with Crippen molar-refractivity contribution in [2.45, 2.75) is 20.5 Å². The van der Waals surface area contributed by atoms with Crippen LogP contribution in [0.25, 0.3) is 16.8 Å². The van der Waals surface area contributed by atoms with Gasteiger partial charge in [0.15, 0.2) is 0 Å². The van der Waals surface area contributed by atoms with Crippen LogP contribution in [-0.4, -0.2) is 21.1 Å². The maximum atomic E-state index is 9.39. The summed E-state index contributed by atoms with van der Waals surface area (Å²) in [5.41, 5.74) is 3.83. The molecule has 1 N–H and O–H groups in total. The van der Waals surface area contributed by atoms with Crippen LogP contribution >= 0.6 is 0 Å². The van der Waals surface area contributed by atoms with E-state index < -0.39 is 0 Å². The van der Waals surface area contributed by atoms with Gasteiger partial charge in [-0.25, -0.2) is 4.98 Å². The van der Waals surface area contributed by atoms with Crippen molar-refractivity contribution in [2.75, 3.05) is 6.61 Å². The van der Waals surface area contributed by atoms with Gasteiger partial charge in [-0.05, 0) is 41.3 Å². The largest absolute Gasteiger partial charge is 0.492 e. The van der Waals surface area contributed by atoms with Crippen LogP contribution in [0, 0.1) is 17.2 Å². The molecule has 0 unspecified atom stereocenters. The second-order valence-corrected chi connectivity index (χ2v) is 6.10. The van der Waals surface area contributed by atoms with E-state index in [1.807, 2.05) is 40.9 Å². The zero-order valence-electron chi connectivity index (χ0n) is 13.7. The molecule has 0 spiro atoms. The van der Waals surface area contributed by atoms with Gasteiger partial charge in [-0.15, -0.1) is 0 Å². The molecule has 0 bridgehead atoms. The fourth-order valence-corrected chi connectivity index (χ4v) is 2.47. The predicted octanol–water partition coefficient (Wildman–Crippen LogP) is 3.40. The van der Waals surface area contributed by atoms with Crippen molar-refractivity contribution >= 4 is 5.65 Å². The molecule has 5 heteroatoms. The van der Waals surface area contributed by atoms with E-state index in [0.29, 0.717) is 29.5 Å². The van der Waals surface area contributed by atoms with Crippen LogP contribution in [0.4, 0.5) is 0 Å². The molecule has 1 aromatic carbocycles. The molecule has 3 aromatic rings. The summed E-state index contributed by atoms with van der Waals surface area (Å²) in [6.07, 6.45) is 3.73. The number of rotatable bonds is 5. The van der Waals surface area contributed by atoms with Gasteiger partial charge < -0.3 is 14.2 Å². The topological polar surface area (TPSA) is 70.6 Å². The minimum atomic E-state index is -0.0858. The Bertz CT molecular complexity index is 907. The first kappa shape index (κ1) is 16.0. The van der Waals surface area contributed by atoms with Gasteiger partial charge in [0.1, 0.15) is 17.5 Å². The van der Waals surface area contributed by atoms with Gasteiger partial charge in [-0.2, -0.15) is 5.26 Å². The molecule has 0 amide bonds. The van der Waals surface area contributed by atoms with E-state index in [4.69, 9.17) is 4.74 Å². The third-order valence-corrected chi connectivity index (χ3v) is 3.67. The Hall–Kier alpha value is -2.84. The van der Waals surface area contributed by atoms with Crippen LogP contribution < -0.4 is 4.74 Å². The predicted molar refractivity (Wildman–Crippen MR) is 91.6 cm³/mol. The smallest absolute Gasteiger partial charge is 0.137 e. The number of aliphatic hydroxyl groups excluding tert-OH is 1.